The Balaban J connectivity index is 1.66. The summed E-state index contributed by atoms with van der Waals surface area (Å²) in [5, 5.41) is 0. The van der Waals surface area contributed by atoms with Gasteiger partial charge < -0.3 is 14.4 Å². The van der Waals surface area contributed by atoms with Crippen LogP contribution in [0, 0.1) is 0 Å². The molecule has 8 heteroatoms. The Labute approximate surface area is 158 Å². The molecule has 0 spiro atoms. The standard InChI is InChI=1S/C19H23NO6S/c1-3-20(16-8-9-27(23,24)12-16)18(21)13(2)26-19(22)15-10-14-6-4-5-7-17(14)25-11-15/h4-7,10,13,16H,3,8-9,11-12H2,1-2H3/t13-,16-/m0/s1. The molecule has 1 aromatic rings. The van der Waals surface area contributed by atoms with Gasteiger partial charge in [0.25, 0.3) is 5.91 Å². The van der Waals surface area contributed by atoms with E-state index in [0.717, 1.165) is 5.56 Å². The van der Waals surface area contributed by atoms with Crippen LogP contribution >= 0.6 is 0 Å². The molecule has 2 heterocycles. The van der Waals surface area contributed by atoms with Crippen molar-refractivity contribution in [1.29, 1.82) is 0 Å². The van der Waals surface area contributed by atoms with Crippen molar-refractivity contribution in [2.24, 2.45) is 0 Å². The van der Waals surface area contributed by atoms with Crippen LogP contribution in [0.1, 0.15) is 25.8 Å². The highest BCUT2D eigenvalue weighted by molar-refractivity contribution is 7.91. The van der Waals surface area contributed by atoms with Crippen LogP contribution in [0.3, 0.4) is 0 Å². The van der Waals surface area contributed by atoms with Crippen LogP contribution in [0.2, 0.25) is 0 Å². The molecule has 7 nitrogen and oxygen atoms in total. The fraction of sp³-hybridized carbons (Fsp3) is 0.474. The minimum atomic E-state index is -3.11. The number of hydrogen-bond donors (Lipinski definition) is 0. The first-order chi connectivity index (χ1) is 12.8. The molecule has 3 rings (SSSR count). The molecule has 0 bridgehead atoms. The third-order valence-electron chi connectivity index (χ3n) is 4.80. The van der Waals surface area contributed by atoms with Crippen LogP contribution in [0.15, 0.2) is 29.8 Å². The number of ether oxygens (including phenoxy) is 2. The fourth-order valence-electron chi connectivity index (χ4n) is 3.37. The normalized spacial score (nSPS) is 21.4. The summed E-state index contributed by atoms with van der Waals surface area (Å²) < 4.78 is 34.3. The van der Waals surface area contributed by atoms with Gasteiger partial charge in [-0.3, -0.25) is 4.79 Å². The lowest BCUT2D eigenvalue weighted by molar-refractivity contribution is -0.157. The maximum absolute atomic E-state index is 12.7. The number of carbonyl (C=O) groups is 2. The third-order valence-corrected chi connectivity index (χ3v) is 6.55. The van der Waals surface area contributed by atoms with Crippen LogP contribution in [-0.2, 0) is 24.2 Å². The van der Waals surface area contributed by atoms with E-state index in [1.54, 1.807) is 13.0 Å². The van der Waals surface area contributed by atoms with E-state index in [1.807, 2.05) is 24.3 Å². The van der Waals surface area contributed by atoms with E-state index in [-0.39, 0.29) is 30.1 Å². The van der Waals surface area contributed by atoms with Crippen molar-refractivity contribution in [2.45, 2.75) is 32.4 Å². The number of benzene rings is 1. The summed E-state index contributed by atoms with van der Waals surface area (Å²) in [4.78, 5) is 26.6. The smallest absolute Gasteiger partial charge is 0.338 e. The van der Waals surface area contributed by atoms with Gasteiger partial charge in [-0.1, -0.05) is 18.2 Å². The molecule has 1 amide bonds. The topological polar surface area (TPSA) is 90.0 Å². The lowest BCUT2D eigenvalue weighted by Crippen LogP contribution is -2.46. The first-order valence-electron chi connectivity index (χ1n) is 8.95. The van der Waals surface area contributed by atoms with E-state index in [2.05, 4.69) is 0 Å². The van der Waals surface area contributed by atoms with Crippen LogP contribution in [0.25, 0.3) is 6.08 Å². The summed E-state index contributed by atoms with van der Waals surface area (Å²) in [6.07, 6.45) is 1.11. The van der Waals surface area contributed by atoms with E-state index in [0.29, 0.717) is 24.3 Å². The van der Waals surface area contributed by atoms with Gasteiger partial charge in [0, 0.05) is 18.2 Å². The molecule has 2 aliphatic heterocycles. The number of nitrogens with zero attached hydrogens (tertiary/aromatic N) is 1. The quantitative estimate of drug-likeness (QED) is 0.703. The van der Waals surface area contributed by atoms with Crippen molar-refractivity contribution in [3.63, 3.8) is 0 Å². The minimum Gasteiger partial charge on any atom is -0.488 e. The summed E-state index contributed by atoms with van der Waals surface area (Å²) in [6, 6.07) is 6.97. The zero-order valence-corrected chi connectivity index (χ0v) is 16.2. The molecule has 146 valence electrons. The summed E-state index contributed by atoms with van der Waals surface area (Å²) in [5.41, 5.74) is 1.11. The number of para-hydroxylation sites is 1. The first kappa shape index (κ1) is 19.4. The van der Waals surface area contributed by atoms with Crippen molar-refractivity contribution < 1.29 is 27.5 Å². The Morgan fingerprint density at radius 3 is 2.74 bits per heavy atom. The molecule has 0 radical (unpaired) electrons. The molecule has 2 aliphatic rings. The van der Waals surface area contributed by atoms with Gasteiger partial charge >= 0.3 is 5.97 Å². The Kier molecular flexibility index (Phi) is 5.55. The highest BCUT2D eigenvalue weighted by Gasteiger charge is 2.36. The number of amides is 1. The zero-order chi connectivity index (χ0) is 19.6. The van der Waals surface area contributed by atoms with Crippen LogP contribution in [0.5, 0.6) is 5.75 Å². The van der Waals surface area contributed by atoms with Crippen molar-refractivity contribution in [1.82, 2.24) is 4.90 Å². The second kappa shape index (κ2) is 7.72. The highest BCUT2D eigenvalue weighted by Crippen LogP contribution is 2.26. The maximum Gasteiger partial charge on any atom is 0.338 e. The van der Waals surface area contributed by atoms with Gasteiger partial charge in [-0.25, -0.2) is 13.2 Å². The zero-order valence-electron chi connectivity index (χ0n) is 15.4. The van der Waals surface area contributed by atoms with Crippen molar-refractivity contribution in [2.75, 3.05) is 24.7 Å². The van der Waals surface area contributed by atoms with Gasteiger partial charge in [-0.15, -0.1) is 0 Å². The van der Waals surface area contributed by atoms with E-state index < -0.39 is 21.9 Å². The van der Waals surface area contributed by atoms with Crippen LogP contribution in [0.4, 0.5) is 0 Å². The Morgan fingerprint density at radius 2 is 2.07 bits per heavy atom. The monoisotopic (exact) mass is 393 g/mol. The molecule has 1 fully saturated rings. The molecular formula is C19H23NO6S. The number of rotatable bonds is 5. The summed E-state index contributed by atoms with van der Waals surface area (Å²) >= 11 is 0. The SMILES string of the molecule is CCN(C(=O)[C@H](C)OC(=O)C1=Cc2ccccc2OC1)[C@H]1CCS(=O)(=O)C1. The predicted molar refractivity (Wildman–Crippen MR) is 99.9 cm³/mol. The number of likely N-dealkylation sites (N-methyl/N-ethyl adjacent to an activating group) is 1. The Hall–Kier alpha value is -2.35. The molecule has 0 aliphatic carbocycles. The molecule has 1 aromatic carbocycles. The number of fused-ring (bicyclic) bond motifs is 1. The lowest BCUT2D eigenvalue weighted by Gasteiger charge is -2.29. The molecule has 0 N–H and O–H groups in total. The van der Waals surface area contributed by atoms with Crippen molar-refractivity contribution in [3.8, 4) is 5.75 Å². The van der Waals surface area contributed by atoms with E-state index in [1.165, 1.54) is 11.8 Å². The molecule has 2 atom stereocenters. The van der Waals surface area contributed by atoms with Gasteiger partial charge in [0.1, 0.15) is 12.4 Å². The molecule has 1 saturated heterocycles. The predicted octanol–water partition coefficient (Wildman–Crippen LogP) is 1.43. The van der Waals surface area contributed by atoms with Crippen LogP contribution < -0.4 is 4.74 Å². The van der Waals surface area contributed by atoms with E-state index >= 15 is 0 Å². The molecule has 0 unspecified atom stereocenters. The number of hydrogen-bond acceptors (Lipinski definition) is 6. The Bertz CT molecular complexity index is 876. The molecule has 27 heavy (non-hydrogen) atoms. The number of esters is 1. The highest BCUT2D eigenvalue weighted by atomic mass is 32.2. The fourth-order valence-corrected chi connectivity index (χ4v) is 5.10. The molecular weight excluding hydrogens is 370 g/mol. The van der Waals surface area contributed by atoms with Crippen molar-refractivity contribution in [3.05, 3.63) is 35.4 Å². The summed E-state index contributed by atoms with van der Waals surface area (Å²) in [5.74, 6) is -0.258. The average molecular weight is 393 g/mol. The van der Waals surface area contributed by atoms with Crippen LogP contribution in [-0.4, -0.2) is 62.0 Å². The molecule has 0 saturated carbocycles. The lowest BCUT2D eigenvalue weighted by atomic mass is 10.1. The number of sulfone groups is 1. The van der Waals surface area contributed by atoms with Gasteiger partial charge in [0.2, 0.25) is 0 Å². The molecule has 0 aromatic heterocycles. The Morgan fingerprint density at radius 1 is 1.33 bits per heavy atom. The first-order valence-corrected chi connectivity index (χ1v) is 10.8. The number of carbonyl (C=O) groups excluding carboxylic acids is 2. The average Bonchev–Trinajstić information content (AvgIpc) is 3.01. The largest absolute Gasteiger partial charge is 0.488 e. The maximum atomic E-state index is 12.7. The van der Waals surface area contributed by atoms with E-state index in [4.69, 9.17) is 9.47 Å². The van der Waals surface area contributed by atoms with Gasteiger partial charge in [-0.05, 0) is 32.4 Å². The third kappa shape index (κ3) is 4.32. The van der Waals surface area contributed by atoms with Gasteiger partial charge in [0.15, 0.2) is 15.9 Å². The second-order valence-corrected chi connectivity index (χ2v) is 8.95. The summed E-state index contributed by atoms with van der Waals surface area (Å²) in [7, 11) is -3.11. The second-order valence-electron chi connectivity index (χ2n) is 6.72. The van der Waals surface area contributed by atoms with Crippen molar-refractivity contribution >= 4 is 27.8 Å². The van der Waals surface area contributed by atoms with Gasteiger partial charge in [-0.2, -0.15) is 0 Å². The minimum absolute atomic E-state index is 0.0387. The van der Waals surface area contributed by atoms with Gasteiger partial charge in [0.05, 0.1) is 17.1 Å². The van der Waals surface area contributed by atoms with E-state index in [9.17, 15) is 18.0 Å². The summed E-state index contributed by atoms with van der Waals surface area (Å²) in [6.45, 7) is 3.73.